The summed E-state index contributed by atoms with van der Waals surface area (Å²) in [4.78, 5) is 36.0. The van der Waals surface area contributed by atoms with Crippen LogP contribution < -0.4 is 32.3 Å². The van der Waals surface area contributed by atoms with Crippen molar-refractivity contribution in [3.63, 3.8) is 0 Å². The van der Waals surface area contributed by atoms with E-state index in [1.165, 1.54) is 90.9 Å². The number of nitrogens with zero attached hydrogens (tertiary/aromatic N) is 2. The minimum Gasteiger partial charge on any atom is -0.595 e. The van der Waals surface area contributed by atoms with E-state index >= 15 is 0 Å². The molecule has 0 atom stereocenters. The van der Waals surface area contributed by atoms with Gasteiger partial charge in [0.25, 0.3) is 5.97 Å². The SMILES string of the molecule is C.C1CCC1.C1CCC1.C1CCC1.CC(=O)NCN.CC(=O)NCN=C([O-])OC(C)(C)C.CC(=O)O.CC(C)(C)OC([O-])=NCN. The van der Waals surface area contributed by atoms with Crippen LogP contribution in [0.15, 0.2) is 9.98 Å². The molecule has 3 fully saturated rings. The van der Waals surface area contributed by atoms with Crippen molar-refractivity contribution in [3.05, 3.63) is 0 Å². The summed E-state index contributed by atoms with van der Waals surface area (Å²) in [6.45, 7) is 14.6. The molecule has 0 heterocycles. The molecule has 3 aliphatic rings. The molecule has 0 aromatic rings. The Kier molecular flexibility index (Phi) is 39.6. The Morgan fingerprint density at radius 2 is 0.913 bits per heavy atom. The number of nitrogens with one attached hydrogen (secondary N) is 2. The van der Waals surface area contributed by atoms with Crippen LogP contribution in [0.2, 0.25) is 0 Å². The number of amides is 2. The molecule has 0 aromatic carbocycles. The van der Waals surface area contributed by atoms with Crippen molar-refractivity contribution in [3.8, 4) is 0 Å². The molecule has 7 N–H and O–H groups in total. The van der Waals surface area contributed by atoms with Gasteiger partial charge in [-0.2, -0.15) is 0 Å². The summed E-state index contributed by atoms with van der Waals surface area (Å²) in [5.74, 6) is -1.15. The maximum Gasteiger partial charge on any atom is 0.300 e. The van der Waals surface area contributed by atoms with E-state index in [2.05, 4.69) is 20.6 Å². The van der Waals surface area contributed by atoms with Crippen LogP contribution in [0.3, 0.4) is 0 Å². The number of rotatable bonds is 4. The van der Waals surface area contributed by atoms with Crippen molar-refractivity contribution < 1.29 is 39.2 Å². The van der Waals surface area contributed by atoms with Crippen LogP contribution in [0.4, 0.5) is 0 Å². The first-order chi connectivity index (χ1) is 20.8. The van der Waals surface area contributed by atoms with Crippen molar-refractivity contribution in [2.45, 2.75) is 158 Å². The molecule has 0 aromatic heterocycles. The van der Waals surface area contributed by atoms with Gasteiger partial charge in [-0.3, -0.25) is 19.4 Å². The number of carboxylic acids is 1. The van der Waals surface area contributed by atoms with Gasteiger partial charge in [0.2, 0.25) is 11.8 Å². The zero-order chi connectivity index (χ0) is 35.7. The number of hydrogen-bond acceptors (Lipinski definition) is 11. The van der Waals surface area contributed by atoms with Crippen LogP contribution in [-0.2, 0) is 23.9 Å². The van der Waals surface area contributed by atoms with Gasteiger partial charge in [-0.05, 0) is 0 Å². The van der Waals surface area contributed by atoms with Gasteiger partial charge in [0, 0.05) is 32.0 Å². The molecule has 46 heavy (non-hydrogen) atoms. The van der Waals surface area contributed by atoms with Crippen LogP contribution in [0.5, 0.6) is 0 Å². The van der Waals surface area contributed by atoms with Crippen LogP contribution in [0.25, 0.3) is 0 Å². The third-order valence-electron chi connectivity index (χ3n) is 4.89. The third kappa shape index (κ3) is 68.2. The topological polar surface area (TPSA) is 237 Å². The summed E-state index contributed by atoms with van der Waals surface area (Å²) in [7, 11) is 0. The molecule has 0 aliphatic heterocycles. The number of nitrogens with two attached hydrogens (primary N) is 2. The Hall–Kier alpha value is -3.13. The van der Waals surface area contributed by atoms with Gasteiger partial charge < -0.3 is 46.9 Å². The average molecular weight is 665 g/mol. The smallest absolute Gasteiger partial charge is 0.300 e. The second-order valence-electron chi connectivity index (χ2n) is 12.0. The minimum absolute atomic E-state index is 0. The molecule has 2 amide bonds. The Morgan fingerprint density at radius 3 is 1.07 bits per heavy atom. The first-order valence-electron chi connectivity index (χ1n) is 15.7. The van der Waals surface area contributed by atoms with Crippen LogP contribution in [-0.4, -0.2) is 66.3 Å². The number of carboxylic acid groups (broad SMARTS) is 1. The molecule has 14 nitrogen and oxygen atoms in total. The van der Waals surface area contributed by atoms with Crippen molar-refractivity contribution >= 4 is 30.0 Å². The highest BCUT2D eigenvalue weighted by Crippen LogP contribution is 2.16. The lowest BCUT2D eigenvalue weighted by Gasteiger charge is -2.29. The van der Waals surface area contributed by atoms with E-state index in [9.17, 15) is 19.8 Å². The van der Waals surface area contributed by atoms with Gasteiger partial charge in [-0.25, -0.2) is 4.99 Å². The van der Waals surface area contributed by atoms with E-state index in [0.717, 1.165) is 6.92 Å². The van der Waals surface area contributed by atoms with Gasteiger partial charge in [-0.15, -0.1) is 0 Å². The average Bonchev–Trinajstić information content (AvgIpc) is 2.67. The standard InChI is InChI=1S/C8H16N2O3.C6H14N2O2.3C4H8.C3H8N2O.C2H4O2.CH4/c1-6(11)9-5-10-7(12)13-8(2,3)4;1-6(2,3)10-5(9)8-4-7;3*1-2-4-3-1;1-3(6)5-2-4;1-2(3)4;/h5H2,1-4H3,(H,9,11)(H,10,12);4,7H2,1-3H3,(H,8,9);3*1-4H2;2,4H2,1H3,(H,5,6);1H3,(H,3,4);1H4/p-2. The van der Waals surface area contributed by atoms with E-state index in [0.29, 0.717) is 0 Å². The highest BCUT2D eigenvalue weighted by Gasteiger charge is 2.04. The predicted molar refractivity (Wildman–Crippen MR) is 183 cm³/mol. The summed E-state index contributed by atoms with van der Waals surface area (Å²) < 4.78 is 9.66. The number of carbonyl (C=O) groups excluding carboxylic acids is 2. The van der Waals surface area contributed by atoms with Crippen molar-refractivity contribution in [2.75, 3.05) is 20.0 Å². The number of carbonyl (C=O) groups is 3. The lowest BCUT2D eigenvalue weighted by Crippen LogP contribution is -2.33. The predicted octanol–water partition coefficient (Wildman–Crippen LogP) is 3.49. The normalized spacial score (nSPS) is 14.2. The Labute approximate surface area is 279 Å². The van der Waals surface area contributed by atoms with Crippen molar-refractivity contribution in [1.29, 1.82) is 0 Å². The first-order valence-corrected chi connectivity index (χ1v) is 15.7. The summed E-state index contributed by atoms with van der Waals surface area (Å²) >= 11 is 0. The van der Waals surface area contributed by atoms with Crippen LogP contribution in [0, 0.1) is 0 Å². The molecule has 0 saturated heterocycles. The molecule has 14 heteroatoms. The second-order valence-corrected chi connectivity index (χ2v) is 12.0. The third-order valence-corrected chi connectivity index (χ3v) is 4.89. The van der Waals surface area contributed by atoms with Gasteiger partial charge in [-0.1, -0.05) is 126 Å². The molecule has 3 rings (SSSR count). The first kappa shape index (κ1) is 52.4. The summed E-state index contributed by atoms with van der Waals surface area (Å²) in [5.41, 5.74) is 8.86. The molecule has 0 unspecified atom stereocenters. The Bertz CT molecular complexity index is 747. The van der Waals surface area contributed by atoms with Gasteiger partial charge >= 0.3 is 0 Å². The lowest BCUT2D eigenvalue weighted by molar-refractivity contribution is -0.261. The van der Waals surface area contributed by atoms with E-state index in [1.807, 2.05) is 0 Å². The van der Waals surface area contributed by atoms with Gasteiger partial charge in [0.05, 0.1) is 13.3 Å². The molecule has 276 valence electrons. The van der Waals surface area contributed by atoms with E-state index in [-0.39, 0.29) is 39.2 Å². The van der Waals surface area contributed by atoms with Gasteiger partial charge in [0.15, 0.2) is 0 Å². The number of aliphatic imine (C=N–C) groups is 2. The largest absolute Gasteiger partial charge is 0.595 e. The number of hydrogen-bond donors (Lipinski definition) is 5. The minimum atomic E-state index is -0.833. The molecule has 0 bridgehead atoms. The highest BCUT2D eigenvalue weighted by molar-refractivity contribution is 5.73. The summed E-state index contributed by atoms with van der Waals surface area (Å²) in [6, 6.07) is 0. The quantitative estimate of drug-likeness (QED) is 0.166. The Balaban J connectivity index is -0.000000150. The van der Waals surface area contributed by atoms with Crippen molar-refractivity contribution in [1.82, 2.24) is 10.6 Å². The van der Waals surface area contributed by atoms with Crippen LogP contribution in [0.1, 0.15) is 147 Å². The van der Waals surface area contributed by atoms with E-state index in [4.69, 9.17) is 30.8 Å². The summed E-state index contributed by atoms with van der Waals surface area (Å²) in [6.07, 6.45) is 16.7. The maximum absolute atomic E-state index is 10.9. The van der Waals surface area contributed by atoms with E-state index < -0.39 is 29.3 Å². The zero-order valence-corrected chi connectivity index (χ0v) is 29.5. The number of aliphatic carboxylic acids is 1. The molecule has 0 radical (unpaired) electrons. The molecule has 3 saturated carbocycles. The molecular formula is C32H68N6O8-2. The number of ether oxygens (including phenoxy) is 2. The van der Waals surface area contributed by atoms with Crippen LogP contribution >= 0.6 is 0 Å². The second kappa shape index (κ2) is 34.7. The maximum atomic E-state index is 10.9. The highest BCUT2D eigenvalue weighted by atomic mass is 16.6. The fourth-order valence-corrected chi connectivity index (χ4v) is 1.77. The van der Waals surface area contributed by atoms with Gasteiger partial charge in [0.1, 0.15) is 18.8 Å². The monoisotopic (exact) mass is 665 g/mol. The molecular weight excluding hydrogens is 596 g/mol. The fourth-order valence-electron chi connectivity index (χ4n) is 1.77. The fraction of sp³-hybridized carbons (Fsp3) is 0.844. The zero-order valence-electron chi connectivity index (χ0n) is 29.5. The van der Waals surface area contributed by atoms with E-state index in [1.54, 1.807) is 41.5 Å². The Morgan fingerprint density at radius 1 is 0.652 bits per heavy atom. The molecule has 0 spiro atoms. The molecule has 3 aliphatic carbocycles. The summed E-state index contributed by atoms with van der Waals surface area (Å²) in [5, 5.41) is 33.6. The lowest BCUT2D eigenvalue weighted by atomic mass is 10.0. The van der Waals surface area contributed by atoms with Crippen molar-refractivity contribution in [2.24, 2.45) is 21.5 Å².